The maximum atomic E-state index is 12.1. The van der Waals surface area contributed by atoms with Crippen LogP contribution in [0.25, 0.3) is 6.08 Å². The topological polar surface area (TPSA) is 119 Å². The van der Waals surface area contributed by atoms with Crippen molar-refractivity contribution < 1.29 is 24.0 Å². The van der Waals surface area contributed by atoms with Crippen molar-refractivity contribution in [3.63, 3.8) is 0 Å². The van der Waals surface area contributed by atoms with Crippen molar-refractivity contribution in [3.05, 3.63) is 73.8 Å². The van der Waals surface area contributed by atoms with Gasteiger partial charge in [-0.05, 0) is 57.4 Å². The number of imide groups is 2. The largest absolute Gasteiger partial charge is 0.488 e. The van der Waals surface area contributed by atoms with Crippen LogP contribution in [0.5, 0.6) is 5.75 Å². The minimum atomic E-state index is -0.770. The van der Waals surface area contributed by atoms with Crippen LogP contribution in [-0.2, 0) is 16.2 Å². The Labute approximate surface area is 173 Å². The van der Waals surface area contributed by atoms with Crippen LogP contribution >= 0.6 is 15.9 Å². The van der Waals surface area contributed by atoms with Crippen LogP contribution in [0, 0.1) is 10.1 Å². The third-order valence-electron chi connectivity index (χ3n) is 4.11. The summed E-state index contributed by atoms with van der Waals surface area (Å²) in [4.78, 5) is 46.5. The van der Waals surface area contributed by atoms with Gasteiger partial charge in [0, 0.05) is 19.2 Å². The van der Waals surface area contributed by atoms with Gasteiger partial charge in [-0.2, -0.15) is 0 Å². The highest BCUT2D eigenvalue weighted by atomic mass is 79.9. The first-order valence-electron chi connectivity index (χ1n) is 8.27. The molecule has 0 aromatic heterocycles. The maximum Gasteiger partial charge on any atom is 0.331 e. The summed E-state index contributed by atoms with van der Waals surface area (Å²) in [5.74, 6) is -0.932. The number of carbonyl (C=O) groups excluding carboxylic acids is 3. The molecule has 0 spiro atoms. The third-order valence-corrected chi connectivity index (χ3v) is 4.73. The molecule has 1 aliphatic heterocycles. The summed E-state index contributed by atoms with van der Waals surface area (Å²) >= 11 is 3.37. The Morgan fingerprint density at radius 2 is 1.86 bits per heavy atom. The number of hydrogen-bond acceptors (Lipinski definition) is 6. The molecule has 0 aliphatic carbocycles. The molecule has 1 heterocycles. The molecule has 1 N–H and O–H groups in total. The molecule has 2 aromatic carbocycles. The highest BCUT2D eigenvalue weighted by molar-refractivity contribution is 9.10. The van der Waals surface area contributed by atoms with E-state index in [2.05, 4.69) is 21.2 Å². The number of amides is 4. The van der Waals surface area contributed by atoms with Gasteiger partial charge in [0.15, 0.2) is 0 Å². The van der Waals surface area contributed by atoms with Crippen LogP contribution in [0.4, 0.5) is 10.5 Å². The first-order chi connectivity index (χ1) is 13.8. The maximum absolute atomic E-state index is 12.1. The van der Waals surface area contributed by atoms with Gasteiger partial charge in [-0.3, -0.25) is 29.9 Å². The number of likely N-dealkylation sites (N-methyl/N-ethyl adjacent to an activating group) is 1. The number of urea groups is 1. The molecule has 0 unspecified atom stereocenters. The summed E-state index contributed by atoms with van der Waals surface area (Å²) in [6.45, 7) is 0.199. The van der Waals surface area contributed by atoms with E-state index in [1.165, 1.54) is 25.3 Å². The number of halogens is 1. The summed E-state index contributed by atoms with van der Waals surface area (Å²) in [7, 11) is 1.28. The average molecular weight is 460 g/mol. The fourth-order valence-corrected chi connectivity index (χ4v) is 3.02. The Morgan fingerprint density at radius 3 is 2.48 bits per heavy atom. The first-order valence-corrected chi connectivity index (χ1v) is 9.06. The number of nitro benzene ring substituents is 1. The average Bonchev–Trinajstić information content (AvgIpc) is 2.69. The van der Waals surface area contributed by atoms with Crippen molar-refractivity contribution in [2.75, 3.05) is 7.05 Å². The summed E-state index contributed by atoms with van der Waals surface area (Å²) < 4.78 is 6.29. The molecule has 2 aromatic rings. The van der Waals surface area contributed by atoms with Crippen LogP contribution < -0.4 is 10.1 Å². The summed E-state index contributed by atoms with van der Waals surface area (Å²) in [5.41, 5.74) is 1.16. The van der Waals surface area contributed by atoms with E-state index < -0.39 is 22.8 Å². The molecule has 148 valence electrons. The number of barbiturate groups is 1. The second-order valence-electron chi connectivity index (χ2n) is 6.08. The van der Waals surface area contributed by atoms with Gasteiger partial charge in [-0.15, -0.1) is 0 Å². The monoisotopic (exact) mass is 459 g/mol. The molecule has 1 fully saturated rings. The van der Waals surface area contributed by atoms with E-state index >= 15 is 0 Å². The molecular weight excluding hydrogens is 446 g/mol. The second-order valence-corrected chi connectivity index (χ2v) is 6.94. The molecule has 9 nitrogen and oxygen atoms in total. The lowest BCUT2D eigenvalue weighted by Crippen LogP contribution is -2.52. The fraction of sp³-hybridized carbons (Fsp3) is 0.105. The van der Waals surface area contributed by atoms with Gasteiger partial charge in [0.2, 0.25) is 0 Å². The Bertz CT molecular complexity index is 1050. The zero-order valence-electron chi connectivity index (χ0n) is 15.0. The van der Waals surface area contributed by atoms with Crippen LogP contribution in [0.15, 0.2) is 52.5 Å². The molecule has 10 heteroatoms. The van der Waals surface area contributed by atoms with E-state index in [1.807, 2.05) is 0 Å². The van der Waals surface area contributed by atoms with Crippen molar-refractivity contribution in [1.29, 1.82) is 0 Å². The molecule has 0 saturated carbocycles. The molecule has 29 heavy (non-hydrogen) atoms. The number of hydrogen-bond donors (Lipinski definition) is 1. The highest BCUT2D eigenvalue weighted by Crippen LogP contribution is 2.28. The number of nitrogens with one attached hydrogen (secondary N) is 1. The Kier molecular flexibility index (Phi) is 5.74. The Morgan fingerprint density at radius 1 is 1.17 bits per heavy atom. The lowest BCUT2D eigenvalue weighted by Gasteiger charge is -2.22. The van der Waals surface area contributed by atoms with Gasteiger partial charge in [-0.1, -0.05) is 6.07 Å². The fourth-order valence-electron chi connectivity index (χ4n) is 2.51. The molecule has 1 saturated heterocycles. The number of rotatable bonds is 5. The van der Waals surface area contributed by atoms with Gasteiger partial charge < -0.3 is 4.74 Å². The molecule has 0 atom stereocenters. The number of ether oxygens (including phenoxy) is 1. The van der Waals surface area contributed by atoms with Crippen molar-refractivity contribution in [2.24, 2.45) is 0 Å². The number of nitro groups is 1. The minimum absolute atomic E-state index is 0.000891. The summed E-state index contributed by atoms with van der Waals surface area (Å²) in [6.07, 6.45) is 1.38. The van der Waals surface area contributed by atoms with Gasteiger partial charge in [0.1, 0.15) is 17.9 Å². The third kappa shape index (κ3) is 4.49. The zero-order valence-corrected chi connectivity index (χ0v) is 16.6. The zero-order chi connectivity index (χ0) is 21.1. The van der Waals surface area contributed by atoms with E-state index in [4.69, 9.17) is 4.74 Å². The Hall–Kier alpha value is -3.53. The second kappa shape index (κ2) is 8.23. The molecule has 0 bridgehead atoms. The van der Waals surface area contributed by atoms with Gasteiger partial charge in [0.05, 0.1) is 9.40 Å². The normalized spacial score (nSPS) is 15.4. The molecular formula is C19H14BrN3O6. The molecule has 3 rings (SSSR count). The predicted octanol–water partition coefficient (Wildman–Crippen LogP) is 3.03. The van der Waals surface area contributed by atoms with Crippen LogP contribution in [-0.4, -0.2) is 34.7 Å². The van der Waals surface area contributed by atoms with E-state index in [0.717, 1.165) is 10.5 Å². The molecule has 0 radical (unpaired) electrons. The predicted molar refractivity (Wildman–Crippen MR) is 106 cm³/mol. The van der Waals surface area contributed by atoms with Gasteiger partial charge in [-0.25, -0.2) is 4.79 Å². The number of nitrogens with zero attached hydrogens (tertiary/aromatic N) is 2. The van der Waals surface area contributed by atoms with Crippen molar-refractivity contribution in [3.8, 4) is 5.75 Å². The van der Waals surface area contributed by atoms with E-state index in [0.29, 0.717) is 15.8 Å². The summed E-state index contributed by atoms with van der Waals surface area (Å²) in [5, 5.41) is 12.8. The SMILES string of the molecule is CN1C(=O)NC(=O)C(=Cc2ccc(OCc3ccc([N+](=O)[O-])cc3)c(Br)c2)C1=O. The highest BCUT2D eigenvalue weighted by Gasteiger charge is 2.32. The number of non-ortho nitro benzene ring substituents is 1. The lowest BCUT2D eigenvalue weighted by molar-refractivity contribution is -0.384. The first kappa shape index (κ1) is 20.2. The number of benzene rings is 2. The van der Waals surface area contributed by atoms with Gasteiger partial charge >= 0.3 is 6.03 Å². The smallest absolute Gasteiger partial charge is 0.331 e. The van der Waals surface area contributed by atoms with E-state index in [9.17, 15) is 24.5 Å². The van der Waals surface area contributed by atoms with Crippen LogP contribution in [0.3, 0.4) is 0 Å². The lowest BCUT2D eigenvalue weighted by atomic mass is 10.1. The minimum Gasteiger partial charge on any atom is -0.488 e. The molecule has 1 aliphatic rings. The van der Waals surface area contributed by atoms with Crippen molar-refractivity contribution in [1.82, 2.24) is 10.2 Å². The Balaban J connectivity index is 1.73. The van der Waals surface area contributed by atoms with Crippen molar-refractivity contribution >= 4 is 45.5 Å². The number of carbonyl (C=O) groups is 3. The van der Waals surface area contributed by atoms with Gasteiger partial charge in [0.25, 0.3) is 17.5 Å². The standard InChI is InChI=1S/C19H14BrN3O6/c1-22-18(25)14(17(24)21-19(22)26)8-12-4-7-16(15(20)9-12)29-10-11-2-5-13(6-3-11)23(27)28/h2-9H,10H2,1H3,(H,21,24,26). The van der Waals surface area contributed by atoms with E-state index in [-0.39, 0.29) is 17.9 Å². The molecule has 4 amide bonds. The summed E-state index contributed by atoms with van der Waals surface area (Å²) in [6, 6.07) is 10.2. The van der Waals surface area contributed by atoms with Crippen LogP contribution in [0.1, 0.15) is 11.1 Å². The quantitative estimate of drug-likeness (QED) is 0.317. The van der Waals surface area contributed by atoms with Crippen molar-refractivity contribution in [2.45, 2.75) is 6.61 Å². The van der Waals surface area contributed by atoms with Crippen LogP contribution in [0.2, 0.25) is 0 Å². The van der Waals surface area contributed by atoms with E-state index in [1.54, 1.807) is 30.3 Å².